The number of hydrogen-bond acceptors (Lipinski definition) is 5. The molecule has 0 unspecified atom stereocenters. The average Bonchev–Trinajstić information content (AvgIpc) is 2.79. The van der Waals surface area contributed by atoms with Gasteiger partial charge >= 0.3 is 18.2 Å². The van der Waals surface area contributed by atoms with Gasteiger partial charge in [0.2, 0.25) is 0 Å². The van der Waals surface area contributed by atoms with E-state index < -0.39 is 41.9 Å². The summed E-state index contributed by atoms with van der Waals surface area (Å²) < 4.78 is 50.1. The summed E-state index contributed by atoms with van der Waals surface area (Å²) in [4.78, 5) is 27.8. The molecule has 0 aliphatic heterocycles. The van der Waals surface area contributed by atoms with E-state index >= 15 is 0 Å². The van der Waals surface area contributed by atoms with Crippen molar-refractivity contribution in [3.05, 3.63) is 51.9 Å². The van der Waals surface area contributed by atoms with Crippen LogP contribution in [0, 0.1) is 0 Å². The summed E-state index contributed by atoms with van der Waals surface area (Å²) in [7, 11) is 0. The van der Waals surface area contributed by atoms with E-state index in [0.717, 1.165) is 12.1 Å². The van der Waals surface area contributed by atoms with Crippen LogP contribution in [-0.2, 0) is 20.4 Å². The van der Waals surface area contributed by atoms with Crippen LogP contribution in [0.5, 0.6) is 0 Å². The lowest BCUT2D eigenvalue weighted by molar-refractivity contribution is -0.139. The van der Waals surface area contributed by atoms with Crippen molar-refractivity contribution in [3.63, 3.8) is 0 Å². The van der Waals surface area contributed by atoms with Gasteiger partial charge in [-0.2, -0.15) is 13.2 Å². The van der Waals surface area contributed by atoms with Gasteiger partial charge in [0.1, 0.15) is 0 Å². The quantitative estimate of drug-likeness (QED) is 0.213. The summed E-state index contributed by atoms with van der Waals surface area (Å²) in [6, 6.07) is 1.62. The zero-order valence-electron chi connectivity index (χ0n) is 19.1. The number of urea groups is 1. The number of hydrogen-bond donors (Lipinski definition) is 2. The normalized spacial score (nSPS) is 20.2. The highest BCUT2D eigenvalue weighted by molar-refractivity contribution is 5.91. The number of benzene rings is 1. The van der Waals surface area contributed by atoms with Crippen LogP contribution in [0.15, 0.2) is 41.0 Å². The second-order valence-corrected chi connectivity index (χ2v) is 7.63. The van der Waals surface area contributed by atoms with Crippen LogP contribution in [0.25, 0.3) is 10.4 Å². The lowest BCUT2D eigenvalue weighted by atomic mass is 9.88. The van der Waals surface area contributed by atoms with Crippen molar-refractivity contribution in [2.75, 3.05) is 11.9 Å². The van der Waals surface area contributed by atoms with Gasteiger partial charge in [0.05, 0.1) is 36.5 Å². The monoisotopic (exact) mass is 483 g/mol. The fourth-order valence-electron chi connectivity index (χ4n) is 3.59. The molecule has 2 N–H and O–H groups in total. The molecule has 1 aliphatic rings. The lowest BCUT2D eigenvalue weighted by Gasteiger charge is -2.36. The maximum Gasteiger partial charge on any atom is 0.416 e. The molecule has 0 saturated heterocycles. The number of nitrogens with one attached hydrogen (secondary N) is 2. The number of alkyl halides is 3. The van der Waals surface area contributed by atoms with Crippen molar-refractivity contribution in [1.82, 2.24) is 5.32 Å². The predicted octanol–water partition coefficient (Wildman–Crippen LogP) is 5.34. The fourth-order valence-corrected chi connectivity index (χ4v) is 3.59. The number of rotatable bonds is 9. The highest BCUT2D eigenvalue weighted by atomic mass is 19.4. The first-order valence-electron chi connectivity index (χ1n) is 10.9. The molecule has 2 amide bonds. The largest absolute Gasteiger partial charge is 0.463 e. The maximum absolute atomic E-state index is 13.0. The lowest BCUT2D eigenvalue weighted by Crippen LogP contribution is -2.54. The Labute approximate surface area is 195 Å². The third-order valence-corrected chi connectivity index (χ3v) is 5.31. The zero-order chi connectivity index (χ0) is 25.3. The fraction of sp³-hybridized carbons (Fsp3) is 0.545. The molecule has 0 saturated carbocycles. The summed E-state index contributed by atoms with van der Waals surface area (Å²) in [6.07, 6.45) is -2.75. The Morgan fingerprint density at radius 2 is 1.97 bits per heavy atom. The Morgan fingerprint density at radius 1 is 1.26 bits per heavy atom. The molecule has 0 aromatic heterocycles. The number of halogens is 3. The van der Waals surface area contributed by atoms with Crippen LogP contribution in [-0.4, -0.2) is 42.9 Å². The molecule has 0 radical (unpaired) electrons. The van der Waals surface area contributed by atoms with Crippen LogP contribution in [0.3, 0.4) is 0 Å². The van der Waals surface area contributed by atoms with Crippen molar-refractivity contribution in [3.8, 4) is 0 Å². The molecule has 2 rings (SSSR count). The Bertz CT molecular complexity index is 943. The first-order valence-corrected chi connectivity index (χ1v) is 10.9. The van der Waals surface area contributed by atoms with Gasteiger partial charge in [-0.1, -0.05) is 25.0 Å². The van der Waals surface area contributed by atoms with Gasteiger partial charge in [-0.15, -0.1) is 0 Å². The minimum absolute atomic E-state index is 0.000174. The molecule has 186 valence electrons. The summed E-state index contributed by atoms with van der Waals surface area (Å²) in [5, 5.41) is 8.74. The van der Waals surface area contributed by atoms with E-state index in [1.165, 1.54) is 18.2 Å². The van der Waals surface area contributed by atoms with E-state index in [1.54, 1.807) is 6.92 Å². The highest BCUT2D eigenvalue weighted by Gasteiger charge is 2.38. The molecular weight excluding hydrogens is 455 g/mol. The van der Waals surface area contributed by atoms with Crippen molar-refractivity contribution in [1.29, 1.82) is 0 Å². The number of esters is 1. The number of carbonyl (C=O) groups is 2. The first-order chi connectivity index (χ1) is 16.1. The third-order valence-electron chi connectivity index (χ3n) is 5.31. The SMILES string of the molecule is CCOC(=O)C1=C[C@H](OC(CC)CC)[C@H](NC(=O)Nc2cccc(C(F)(F)F)c2)[C@@H](N=[N+]=[N-])C1. The topological polar surface area (TPSA) is 125 Å². The Hall–Kier alpha value is -3.24. The molecule has 0 spiro atoms. The molecule has 0 fully saturated rings. The van der Waals surface area contributed by atoms with E-state index in [-0.39, 0.29) is 30.4 Å². The van der Waals surface area contributed by atoms with Crippen LogP contribution in [0.2, 0.25) is 0 Å². The number of nitrogens with zero attached hydrogens (tertiary/aromatic N) is 3. The van der Waals surface area contributed by atoms with Gasteiger partial charge in [-0.25, -0.2) is 9.59 Å². The zero-order valence-corrected chi connectivity index (χ0v) is 19.1. The minimum Gasteiger partial charge on any atom is -0.463 e. The molecule has 12 heteroatoms. The molecular formula is C22H28F3N5O4. The second kappa shape index (κ2) is 12.3. The number of amides is 2. The molecule has 1 aromatic carbocycles. The van der Waals surface area contributed by atoms with E-state index in [1.807, 2.05) is 13.8 Å². The van der Waals surface area contributed by atoms with E-state index in [4.69, 9.17) is 15.0 Å². The van der Waals surface area contributed by atoms with E-state index in [2.05, 4.69) is 20.7 Å². The summed E-state index contributed by atoms with van der Waals surface area (Å²) in [6.45, 7) is 5.65. The molecule has 3 atom stereocenters. The molecule has 1 aromatic rings. The molecule has 9 nitrogen and oxygen atoms in total. The van der Waals surface area contributed by atoms with Gasteiger partial charge in [-0.05, 0) is 56.0 Å². The number of ether oxygens (including phenoxy) is 2. The van der Waals surface area contributed by atoms with Crippen LogP contribution in [0.4, 0.5) is 23.7 Å². The van der Waals surface area contributed by atoms with Crippen LogP contribution in [0.1, 0.15) is 45.6 Å². The van der Waals surface area contributed by atoms with Crippen molar-refractivity contribution in [2.45, 2.75) is 70.5 Å². The van der Waals surface area contributed by atoms with Crippen molar-refractivity contribution < 1.29 is 32.2 Å². The standard InChI is InChI=1S/C22H28F3N5O4/c1-4-16(5-2)34-18-11-13(20(31)33-6-3)10-17(29-30-26)19(18)28-21(32)27-15-9-7-8-14(12-15)22(23,24)25/h7-9,11-12,16-19H,4-6,10H2,1-3H3,(H2,27,28,32)/t17-,18-,19+/m0/s1. The van der Waals surface area contributed by atoms with Crippen LogP contribution < -0.4 is 10.6 Å². The minimum atomic E-state index is -4.56. The van der Waals surface area contributed by atoms with Gasteiger partial charge in [0.15, 0.2) is 0 Å². The van der Waals surface area contributed by atoms with Gasteiger partial charge in [-0.3, -0.25) is 0 Å². The Balaban J connectivity index is 2.31. The third kappa shape index (κ3) is 7.39. The average molecular weight is 483 g/mol. The van der Waals surface area contributed by atoms with Gasteiger partial charge < -0.3 is 20.1 Å². The number of carbonyl (C=O) groups excluding carboxylic acids is 2. The predicted molar refractivity (Wildman–Crippen MR) is 119 cm³/mol. The first kappa shape index (κ1) is 27.0. The molecule has 34 heavy (non-hydrogen) atoms. The molecule has 0 heterocycles. The summed E-state index contributed by atoms with van der Waals surface area (Å²) >= 11 is 0. The maximum atomic E-state index is 13.0. The molecule has 1 aliphatic carbocycles. The Kier molecular flexibility index (Phi) is 9.76. The summed E-state index contributed by atoms with van der Waals surface area (Å²) in [5.41, 5.74) is 8.33. The van der Waals surface area contributed by atoms with Crippen LogP contribution >= 0.6 is 0 Å². The Morgan fingerprint density at radius 3 is 2.56 bits per heavy atom. The van der Waals surface area contributed by atoms with Gasteiger partial charge in [0.25, 0.3) is 0 Å². The van der Waals surface area contributed by atoms with E-state index in [9.17, 15) is 22.8 Å². The van der Waals surface area contributed by atoms with E-state index in [0.29, 0.717) is 12.8 Å². The molecule has 0 bridgehead atoms. The summed E-state index contributed by atoms with van der Waals surface area (Å²) in [5.74, 6) is -0.578. The van der Waals surface area contributed by atoms with Crippen molar-refractivity contribution in [2.24, 2.45) is 5.11 Å². The second-order valence-electron chi connectivity index (χ2n) is 7.63. The van der Waals surface area contributed by atoms with Crippen molar-refractivity contribution >= 4 is 17.7 Å². The highest BCUT2D eigenvalue weighted by Crippen LogP contribution is 2.31. The smallest absolute Gasteiger partial charge is 0.416 e. The van der Waals surface area contributed by atoms with Gasteiger partial charge in [0, 0.05) is 16.2 Å². The number of anilines is 1. The number of azide groups is 1.